The van der Waals surface area contributed by atoms with Crippen molar-refractivity contribution in [1.82, 2.24) is 15.0 Å². The van der Waals surface area contributed by atoms with Gasteiger partial charge in [-0.15, -0.1) is 5.10 Å². The van der Waals surface area contributed by atoms with Crippen LogP contribution in [0, 0.1) is 0 Å². The molecule has 1 heterocycles. The zero-order valence-corrected chi connectivity index (χ0v) is 12.7. The van der Waals surface area contributed by atoms with Crippen molar-refractivity contribution in [3.8, 4) is 11.4 Å². The molecule has 0 aliphatic carbocycles. The molecule has 0 aliphatic rings. The lowest BCUT2D eigenvalue weighted by Crippen LogP contribution is -2.24. The summed E-state index contributed by atoms with van der Waals surface area (Å²) < 4.78 is 11.9. The molecule has 122 valence electrons. The number of carbonyl (C=O) groups is 1. The van der Waals surface area contributed by atoms with Crippen molar-refractivity contribution < 1.29 is 19.4 Å². The van der Waals surface area contributed by atoms with Gasteiger partial charge in [0, 0.05) is 6.08 Å². The Kier molecular flexibility index (Phi) is 4.53. The van der Waals surface area contributed by atoms with Crippen LogP contribution >= 0.6 is 0 Å². The van der Waals surface area contributed by atoms with Crippen molar-refractivity contribution in [2.24, 2.45) is 0 Å². The quantitative estimate of drug-likeness (QED) is 0.423. The third-order valence-corrected chi connectivity index (χ3v) is 3.25. The Bertz CT molecular complexity index is 875. The van der Waals surface area contributed by atoms with E-state index in [1.165, 1.54) is 0 Å². The minimum absolute atomic E-state index is 0.219. The molecule has 1 atom stereocenters. The van der Waals surface area contributed by atoms with E-state index in [2.05, 4.69) is 21.6 Å². The van der Waals surface area contributed by atoms with Crippen LogP contribution in [0.1, 0.15) is 0 Å². The molecule has 1 aromatic heterocycles. The maximum absolute atomic E-state index is 11.1. The summed E-state index contributed by atoms with van der Waals surface area (Å²) in [6.45, 7) is 3.04. The van der Waals surface area contributed by atoms with Crippen molar-refractivity contribution in [1.29, 1.82) is 0 Å². The number of aromatic nitrogens is 3. The first kappa shape index (κ1) is 15.7. The van der Waals surface area contributed by atoms with Crippen molar-refractivity contribution in [3.63, 3.8) is 0 Å². The second-order valence-electron chi connectivity index (χ2n) is 4.86. The fourth-order valence-corrected chi connectivity index (χ4v) is 2.18. The first-order valence-electron chi connectivity index (χ1n) is 7.23. The molecule has 0 amide bonds. The third kappa shape index (κ3) is 3.26. The molecule has 0 aliphatic heterocycles. The molecule has 0 bridgehead atoms. The number of para-hydroxylation sites is 3. The summed E-state index contributed by atoms with van der Waals surface area (Å²) in [5, 5.41) is 17.9. The van der Waals surface area contributed by atoms with Crippen LogP contribution in [-0.4, -0.2) is 39.0 Å². The topological polar surface area (TPSA) is 86.5 Å². The largest absolute Gasteiger partial charge is 0.485 e. The van der Waals surface area contributed by atoms with Gasteiger partial charge in [0.2, 0.25) is 6.29 Å². The molecule has 1 unspecified atom stereocenters. The van der Waals surface area contributed by atoms with Gasteiger partial charge in [-0.2, -0.15) is 0 Å². The zero-order valence-electron chi connectivity index (χ0n) is 12.7. The Morgan fingerprint density at radius 2 is 2.00 bits per heavy atom. The van der Waals surface area contributed by atoms with Gasteiger partial charge in [0.05, 0.1) is 5.52 Å². The van der Waals surface area contributed by atoms with Crippen molar-refractivity contribution in [2.45, 2.75) is 6.29 Å². The highest BCUT2D eigenvalue weighted by molar-refractivity contribution is 5.81. The number of benzene rings is 2. The van der Waals surface area contributed by atoms with E-state index in [1.807, 2.05) is 36.4 Å². The summed E-state index contributed by atoms with van der Waals surface area (Å²) in [6.07, 6.45) is -0.422. The fraction of sp³-hybridized carbons (Fsp3) is 0.118. The third-order valence-electron chi connectivity index (χ3n) is 3.25. The van der Waals surface area contributed by atoms with Gasteiger partial charge in [0.1, 0.15) is 17.0 Å². The highest BCUT2D eigenvalue weighted by Gasteiger charge is 2.14. The summed E-state index contributed by atoms with van der Waals surface area (Å²) in [4.78, 5) is 11.1. The fourth-order valence-electron chi connectivity index (χ4n) is 2.18. The monoisotopic (exact) mass is 325 g/mol. The lowest BCUT2D eigenvalue weighted by Gasteiger charge is -2.14. The number of fused-ring (bicyclic) bond motifs is 1. The Morgan fingerprint density at radius 3 is 2.83 bits per heavy atom. The summed E-state index contributed by atoms with van der Waals surface area (Å²) in [5.74, 6) is -0.247. The summed E-state index contributed by atoms with van der Waals surface area (Å²) in [6, 6.07) is 14.7. The maximum atomic E-state index is 11.1. The van der Waals surface area contributed by atoms with E-state index in [1.54, 1.807) is 16.8 Å². The van der Waals surface area contributed by atoms with Gasteiger partial charge in [-0.25, -0.2) is 9.48 Å². The van der Waals surface area contributed by atoms with Crippen LogP contribution in [0.25, 0.3) is 16.7 Å². The van der Waals surface area contributed by atoms with Crippen LogP contribution in [0.5, 0.6) is 5.75 Å². The van der Waals surface area contributed by atoms with E-state index in [9.17, 15) is 9.90 Å². The second kappa shape index (κ2) is 6.93. The van der Waals surface area contributed by atoms with E-state index in [-0.39, 0.29) is 6.61 Å². The van der Waals surface area contributed by atoms with Crippen LogP contribution in [0.4, 0.5) is 0 Å². The number of hydrogen-bond acceptors (Lipinski definition) is 6. The second-order valence-corrected chi connectivity index (χ2v) is 4.86. The SMILES string of the molecule is C=CC(=O)OC(O)COc1ccccc1-n1nnc2ccccc21. The minimum Gasteiger partial charge on any atom is -0.485 e. The van der Waals surface area contributed by atoms with Crippen LogP contribution in [-0.2, 0) is 9.53 Å². The molecule has 0 radical (unpaired) electrons. The van der Waals surface area contributed by atoms with Crippen molar-refractivity contribution >= 4 is 17.0 Å². The first-order chi connectivity index (χ1) is 11.7. The molecule has 1 N–H and O–H groups in total. The highest BCUT2D eigenvalue weighted by atomic mass is 16.7. The average Bonchev–Trinajstić information content (AvgIpc) is 3.04. The van der Waals surface area contributed by atoms with E-state index in [4.69, 9.17) is 4.74 Å². The van der Waals surface area contributed by atoms with Gasteiger partial charge < -0.3 is 14.6 Å². The number of aliphatic hydroxyl groups excluding tert-OH is 1. The lowest BCUT2D eigenvalue weighted by molar-refractivity contribution is -0.166. The Balaban J connectivity index is 1.83. The summed E-state index contributed by atoms with van der Waals surface area (Å²) in [7, 11) is 0. The van der Waals surface area contributed by atoms with Crippen LogP contribution in [0.2, 0.25) is 0 Å². The Morgan fingerprint density at radius 1 is 1.25 bits per heavy atom. The van der Waals surface area contributed by atoms with Gasteiger partial charge in [0.15, 0.2) is 6.61 Å². The normalized spacial score (nSPS) is 11.9. The average molecular weight is 325 g/mol. The molecule has 0 saturated heterocycles. The lowest BCUT2D eigenvalue weighted by atomic mass is 10.2. The molecule has 0 saturated carbocycles. The van der Waals surface area contributed by atoms with Gasteiger partial charge in [-0.3, -0.25) is 0 Å². The van der Waals surface area contributed by atoms with E-state index >= 15 is 0 Å². The summed E-state index contributed by atoms with van der Waals surface area (Å²) in [5.41, 5.74) is 2.24. The predicted octanol–water partition coefficient (Wildman–Crippen LogP) is 1.85. The zero-order chi connectivity index (χ0) is 16.9. The predicted molar refractivity (Wildman–Crippen MR) is 86.7 cm³/mol. The summed E-state index contributed by atoms with van der Waals surface area (Å²) >= 11 is 0. The maximum Gasteiger partial charge on any atom is 0.332 e. The number of esters is 1. The molecule has 3 aromatic rings. The minimum atomic E-state index is -1.39. The Labute approximate surface area is 137 Å². The molecule has 7 nitrogen and oxygen atoms in total. The smallest absolute Gasteiger partial charge is 0.332 e. The van der Waals surface area contributed by atoms with Crippen LogP contribution in [0.15, 0.2) is 61.2 Å². The highest BCUT2D eigenvalue weighted by Crippen LogP contribution is 2.25. The number of rotatable bonds is 6. The Hall–Kier alpha value is -3.19. The van der Waals surface area contributed by atoms with Gasteiger partial charge >= 0.3 is 5.97 Å². The number of ether oxygens (including phenoxy) is 2. The van der Waals surface area contributed by atoms with E-state index in [0.717, 1.165) is 17.1 Å². The van der Waals surface area contributed by atoms with Crippen LogP contribution in [0.3, 0.4) is 0 Å². The number of nitrogens with zero attached hydrogens (tertiary/aromatic N) is 3. The molecule has 7 heteroatoms. The molecule has 3 rings (SSSR count). The molecular formula is C17H15N3O4. The molecule has 2 aromatic carbocycles. The molecular weight excluding hydrogens is 310 g/mol. The molecule has 24 heavy (non-hydrogen) atoms. The number of hydrogen-bond donors (Lipinski definition) is 1. The molecule has 0 fully saturated rings. The standard InChI is InChI=1S/C17H15N3O4/c1-2-16(21)24-17(22)11-23-15-10-6-5-9-14(15)20-13-8-4-3-7-12(13)18-19-20/h2-10,17,22H,1,11H2. The number of aliphatic hydroxyl groups is 1. The van der Waals surface area contributed by atoms with Gasteiger partial charge in [-0.05, 0) is 24.3 Å². The van der Waals surface area contributed by atoms with Gasteiger partial charge in [0.25, 0.3) is 0 Å². The van der Waals surface area contributed by atoms with Crippen molar-refractivity contribution in [2.75, 3.05) is 6.61 Å². The van der Waals surface area contributed by atoms with Crippen molar-refractivity contribution in [3.05, 3.63) is 61.2 Å². The van der Waals surface area contributed by atoms with E-state index in [0.29, 0.717) is 11.4 Å². The first-order valence-corrected chi connectivity index (χ1v) is 7.23. The van der Waals surface area contributed by atoms with Crippen LogP contribution < -0.4 is 4.74 Å². The van der Waals surface area contributed by atoms with E-state index < -0.39 is 12.3 Å². The number of carbonyl (C=O) groups excluding carboxylic acids is 1. The molecule has 0 spiro atoms. The van der Waals surface area contributed by atoms with Gasteiger partial charge in [-0.1, -0.05) is 36.1 Å².